The lowest BCUT2D eigenvalue weighted by atomic mass is 10.2. The van der Waals surface area contributed by atoms with E-state index in [-0.39, 0.29) is 30.9 Å². The van der Waals surface area contributed by atoms with Crippen molar-refractivity contribution in [3.8, 4) is 0 Å². The Morgan fingerprint density at radius 2 is 1.89 bits per heavy atom. The predicted molar refractivity (Wildman–Crippen MR) is 68.2 cm³/mol. The van der Waals surface area contributed by atoms with Crippen LogP contribution in [0.2, 0.25) is 0 Å². The zero-order valence-corrected chi connectivity index (χ0v) is 10.9. The van der Waals surface area contributed by atoms with Gasteiger partial charge in [-0.15, -0.1) is 0 Å². The summed E-state index contributed by atoms with van der Waals surface area (Å²) >= 11 is 0. The van der Waals surface area contributed by atoms with Gasteiger partial charge in [0, 0.05) is 19.0 Å². The van der Waals surface area contributed by atoms with Gasteiger partial charge in [-0.1, -0.05) is 6.42 Å². The molecule has 1 aliphatic carbocycles. The van der Waals surface area contributed by atoms with Gasteiger partial charge in [-0.25, -0.2) is 4.79 Å². The van der Waals surface area contributed by atoms with Gasteiger partial charge in [0.15, 0.2) is 6.61 Å². The highest BCUT2D eigenvalue weighted by Gasteiger charge is 2.23. The number of primary amides is 1. The second-order valence-electron chi connectivity index (χ2n) is 4.60. The van der Waals surface area contributed by atoms with Crippen LogP contribution in [0.1, 0.15) is 38.5 Å². The predicted octanol–water partition coefficient (Wildman–Crippen LogP) is 0.0369. The number of carbonyl (C=O) groups is 3. The van der Waals surface area contributed by atoms with Crippen LogP contribution in [0.3, 0.4) is 0 Å². The maximum Gasteiger partial charge on any atom is 0.312 e. The Kier molecular flexibility index (Phi) is 6.70. The molecule has 108 valence electrons. The monoisotopic (exact) mass is 271 g/mol. The molecule has 0 heterocycles. The van der Waals surface area contributed by atoms with Crippen LogP contribution in [0.25, 0.3) is 0 Å². The van der Waals surface area contributed by atoms with Gasteiger partial charge in [0.2, 0.25) is 0 Å². The zero-order valence-electron chi connectivity index (χ0n) is 10.9. The minimum atomic E-state index is -0.541. The van der Waals surface area contributed by atoms with Crippen LogP contribution in [0.5, 0.6) is 0 Å². The fourth-order valence-corrected chi connectivity index (χ4v) is 1.50. The first-order chi connectivity index (χ1) is 9.08. The van der Waals surface area contributed by atoms with E-state index in [0.717, 1.165) is 25.7 Å². The van der Waals surface area contributed by atoms with E-state index < -0.39 is 6.03 Å². The molecule has 7 nitrogen and oxygen atoms in total. The van der Waals surface area contributed by atoms with E-state index in [1.54, 1.807) is 0 Å². The van der Waals surface area contributed by atoms with Gasteiger partial charge in [0.1, 0.15) is 0 Å². The largest absolute Gasteiger partial charge is 0.456 e. The average Bonchev–Trinajstić information content (AvgIpc) is 3.14. The summed E-state index contributed by atoms with van der Waals surface area (Å²) in [5.41, 5.74) is 4.90. The first kappa shape index (κ1) is 15.3. The van der Waals surface area contributed by atoms with Crippen LogP contribution in [-0.4, -0.2) is 37.1 Å². The topological polar surface area (TPSA) is 111 Å². The summed E-state index contributed by atoms with van der Waals surface area (Å²) < 4.78 is 4.84. The third kappa shape index (κ3) is 8.87. The van der Waals surface area contributed by atoms with Crippen molar-refractivity contribution in [2.45, 2.75) is 44.6 Å². The Morgan fingerprint density at radius 3 is 2.53 bits per heavy atom. The maximum absolute atomic E-state index is 11.3. The molecule has 0 aliphatic heterocycles. The molecule has 0 aromatic heterocycles. The van der Waals surface area contributed by atoms with E-state index >= 15 is 0 Å². The number of unbranched alkanes of at least 4 members (excludes halogenated alkanes) is 2. The first-order valence-corrected chi connectivity index (χ1v) is 6.56. The van der Waals surface area contributed by atoms with Crippen LogP contribution in [-0.2, 0) is 14.3 Å². The van der Waals surface area contributed by atoms with Gasteiger partial charge in [-0.05, 0) is 25.7 Å². The summed E-state index contributed by atoms with van der Waals surface area (Å²) in [4.78, 5) is 32.9. The SMILES string of the molecule is NC(=O)NCCCCCC(=O)OCC(=O)NC1CC1. The molecule has 0 unspecified atom stereocenters. The molecule has 0 bridgehead atoms. The Bertz CT molecular complexity index is 329. The van der Waals surface area contributed by atoms with Crippen molar-refractivity contribution in [1.29, 1.82) is 0 Å². The fourth-order valence-electron chi connectivity index (χ4n) is 1.50. The van der Waals surface area contributed by atoms with Crippen LogP contribution < -0.4 is 16.4 Å². The van der Waals surface area contributed by atoms with Crippen LogP contribution in [0.4, 0.5) is 4.79 Å². The van der Waals surface area contributed by atoms with Crippen molar-refractivity contribution in [1.82, 2.24) is 10.6 Å². The third-order valence-corrected chi connectivity index (χ3v) is 2.66. The highest BCUT2D eigenvalue weighted by atomic mass is 16.5. The van der Waals surface area contributed by atoms with Crippen molar-refractivity contribution >= 4 is 17.9 Å². The molecule has 0 aromatic rings. The van der Waals surface area contributed by atoms with Gasteiger partial charge in [-0.3, -0.25) is 9.59 Å². The van der Waals surface area contributed by atoms with E-state index in [9.17, 15) is 14.4 Å². The van der Waals surface area contributed by atoms with E-state index in [4.69, 9.17) is 10.5 Å². The highest BCUT2D eigenvalue weighted by molar-refractivity contribution is 5.80. The van der Waals surface area contributed by atoms with Gasteiger partial charge in [0.05, 0.1) is 0 Å². The summed E-state index contributed by atoms with van der Waals surface area (Å²) in [6, 6.07) is -0.259. The van der Waals surface area contributed by atoms with Crippen LogP contribution >= 0.6 is 0 Å². The van der Waals surface area contributed by atoms with Crippen LogP contribution in [0, 0.1) is 0 Å². The molecule has 0 saturated heterocycles. The molecule has 1 fully saturated rings. The minimum Gasteiger partial charge on any atom is -0.456 e. The normalized spacial score (nSPS) is 13.7. The van der Waals surface area contributed by atoms with Crippen molar-refractivity contribution in [3.05, 3.63) is 0 Å². The summed E-state index contributed by atoms with van der Waals surface area (Å²) in [6.07, 6.45) is 4.54. The molecule has 0 aromatic carbocycles. The minimum absolute atomic E-state index is 0.196. The molecule has 3 amide bonds. The lowest BCUT2D eigenvalue weighted by Crippen LogP contribution is -2.30. The lowest BCUT2D eigenvalue weighted by Gasteiger charge is -2.05. The molecule has 0 atom stereocenters. The summed E-state index contributed by atoms with van der Waals surface area (Å²) in [6.45, 7) is 0.312. The summed E-state index contributed by atoms with van der Waals surface area (Å²) in [7, 11) is 0. The quantitative estimate of drug-likeness (QED) is 0.406. The summed E-state index contributed by atoms with van der Waals surface area (Å²) in [5.74, 6) is -0.602. The van der Waals surface area contributed by atoms with Crippen molar-refractivity contribution in [2.24, 2.45) is 5.73 Å². The van der Waals surface area contributed by atoms with Gasteiger partial charge in [0.25, 0.3) is 5.91 Å². The van der Waals surface area contributed by atoms with E-state index in [2.05, 4.69) is 10.6 Å². The number of hydrogen-bond donors (Lipinski definition) is 3. The fraction of sp³-hybridized carbons (Fsp3) is 0.750. The molecule has 19 heavy (non-hydrogen) atoms. The second kappa shape index (κ2) is 8.34. The number of carbonyl (C=O) groups excluding carboxylic acids is 3. The number of amides is 3. The van der Waals surface area contributed by atoms with Crippen molar-refractivity contribution < 1.29 is 19.1 Å². The number of hydrogen-bond acceptors (Lipinski definition) is 4. The van der Waals surface area contributed by atoms with E-state index in [0.29, 0.717) is 13.0 Å². The number of ether oxygens (including phenoxy) is 1. The van der Waals surface area contributed by atoms with Crippen LogP contribution in [0.15, 0.2) is 0 Å². The maximum atomic E-state index is 11.3. The summed E-state index contributed by atoms with van der Waals surface area (Å²) in [5, 5.41) is 5.20. The molecular weight excluding hydrogens is 250 g/mol. The Labute approximate surface area is 112 Å². The molecular formula is C12H21N3O4. The first-order valence-electron chi connectivity index (χ1n) is 6.56. The average molecular weight is 271 g/mol. The molecule has 0 spiro atoms. The molecule has 7 heteroatoms. The highest BCUT2D eigenvalue weighted by Crippen LogP contribution is 2.18. The second-order valence-corrected chi connectivity index (χ2v) is 4.60. The smallest absolute Gasteiger partial charge is 0.312 e. The Hall–Kier alpha value is -1.79. The molecule has 0 radical (unpaired) electrons. The van der Waals surface area contributed by atoms with Crippen molar-refractivity contribution in [2.75, 3.05) is 13.2 Å². The molecule has 4 N–H and O–H groups in total. The van der Waals surface area contributed by atoms with Gasteiger partial charge in [-0.2, -0.15) is 0 Å². The number of rotatable bonds is 9. The standard InChI is InChI=1S/C12H21N3O4/c13-12(18)14-7-3-1-2-4-11(17)19-8-10(16)15-9-5-6-9/h9H,1-8H2,(H,15,16)(H3,13,14,18). The Balaban J connectivity index is 1.89. The lowest BCUT2D eigenvalue weighted by molar-refractivity contribution is -0.148. The zero-order chi connectivity index (χ0) is 14.1. The molecule has 1 rings (SSSR count). The Morgan fingerprint density at radius 1 is 1.16 bits per heavy atom. The molecule has 1 aliphatic rings. The number of esters is 1. The van der Waals surface area contributed by atoms with E-state index in [1.165, 1.54) is 0 Å². The van der Waals surface area contributed by atoms with E-state index in [1.807, 2.05) is 0 Å². The number of urea groups is 1. The molecule has 1 saturated carbocycles. The van der Waals surface area contributed by atoms with Gasteiger partial charge < -0.3 is 21.1 Å². The third-order valence-electron chi connectivity index (χ3n) is 2.66. The van der Waals surface area contributed by atoms with Crippen molar-refractivity contribution in [3.63, 3.8) is 0 Å². The van der Waals surface area contributed by atoms with Gasteiger partial charge >= 0.3 is 12.0 Å². The number of nitrogens with one attached hydrogen (secondary N) is 2. The number of nitrogens with two attached hydrogens (primary N) is 1.